The summed E-state index contributed by atoms with van der Waals surface area (Å²) in [5.74, 6) is 0. The Morgan fingerprint density at radius 1 is 0.643 bits per heavy atom. The van der Waals surface area contributed by atoms with Gasteiger partial charge in [0.1, 0.15) is 0 Å². The van der Waals surface area contributed by atoms with Crippen molar-refractivity contribution in [1.29, 1.82) is 0 Å². The van der Waals surface area contributed by atoms with Gasteiger partial charge < -0.3 is 53.9 Å². The van der Waals surface area contributed by atoms with E-state index in [9.17, 15) is 0 Å². The minimum absolute atomic E-state index is 1.48. The van der Waals surface area contributed by atoms with Gasteiger partial charge in [-0.2, -0.15) is 0 Å². The highest BCUT2D eigenvalue weighted by Gasteiger charge is 2.74. The largest absolute Gasteiger partial charge is 0.537 e. The van der Waals surface area contributed by atoms with Crippen molar-refractivity contribution in [3.63, 3.8) is 0 Å². The van der Waals surface area contributed by atoms with Gasteiger partial charge in [-0.25, -0.2) is 0 Å². The maximum atomic E-state index is 5.70. The monoisotopic (exact) mass is 426 g/mol. The fourth-order valence-electron chi connectivity index (χ4n) is 0.947. The summed E-state index contributed by atoms with van der Waals surface area (Å²) in [6.07, 6.45) is 0. The van der Waals surface area contributed by atoms with Gasteiger partial charge in [-0.15, -0.1) is 0 Å². The van der Waals surface area contributed by atoms with Gasteiger partial charge in [-0.1, -0.05) is 0 Å². The van der Waals surface area contributed by atoms with Crippen LogP contribution in [0, 0.1) is 0 Å². The number of rotatable bonds is 0. The molecule has 14 heavy (non-hydrogen) atoms. The van der Waals surface area contributed by atoms with E-state index >= 15 is 0 Å². The fraction of sp³-hybridized carbons (Fsp3) is 0. The van der Waals surface area contributed by atoms with Crippen LogP contribution < -0.4 is 0 Å². The first-order valence-corrected chi connectivity index (χ1v) is 24.2. The van der Waals surface area contributed by atoms with E-state index in [1.165, 1.54) is 0 Å². The van der Waals surface area contributed by atoms with Crippen molar-refractivity contribution in [2.24, 2.45) is 0 Å². The van der Waals surface area contributed by atoms with Gasteiger partial charge >= 0.3 is 0 Å². The summed E-state index contributed by atoms with van der Waals surface area (Å²) in [5, 5.41) is -3.40. The molecule has 80 valence electrons. The first-order valence-electron chi connectivity index (χ1n) is 2.96. The fourth-order valence-corrected chi connectivity index (χ4v) is 169. The van der Waals surface area contributed by atoms with Crippen LogP contribution in [0.1, 0.15) is 0 Å². The van der Waals surface area contributed by atoms with E-state index in [-0.39, 0.29) is 0 Å². The van der Waals surface area contributed by atoms with Crippen LogP contribution in [-0.4, -0.2) is 0 Å². The Bertz CT molecular complexity index is 210. The van der Waals surface area contributed by atoms with Gasteiger partial charge in [0, 0.05) is 10.0 Å². The van der Waals surface area contributed by atoms with Crippen molar-refractivity contribution in [3.8, 4) is 0 Å². The van der Waals surface area contributed by atoms with Gasteiger partial charge in [-0.3, -0.25) is 0 Å². The Balaban J connectivity index is 2.08. The lowest BCUT2D eigenvalue weighted by Gasteiger charge is -2.60. The smallest absolute Gasteiger partial charge is 0.205 e. The second-order valence-corrected chi connectivity index (χ2v) is 52.5. The van der Waals surface area contributed by atoms with Crippen molar-refractivity contribution in [1.82, 2.24) is 0 Å². The zero-order chi connectivity index (χ0) is 10.2. The molecule has 4 fully saturated rings. The molecule has 0 atom stereocenters. The maximum absolute atomic E-state index is 5.70. The predicted molar refractivity (Wildman–Crippen MR) is 98.5 cm³/mol. The zero-order valence-electron chi connectivity index (χ0n) is 5.91. The van der Waals surface area contributed by atoms with Crippen molar-refractivity contribution < 1.29 is 0 Å². The Labute approximate surface area is 125 Å². The highest BCUT2D eigenvalue weighted by Crippen LogP contribution is 3.35. The van der Waals surface area contributed by atoms with Gasteiger partial charge in [0.2, 0.25) is 11.0 Å². The van der Waals surface area contributed by atoms with Gasteiger partial charge in [-0.05, 0) is 0 Å². The predicted octanol–water partition coefficient (Wildman–Crippen LogP) is 6.96. The summed E-state index contributed by atoms with van der Waals surface area (Å²) in [6.45, 7) is 0. The first-order chi connectivity index (χ1) is 6.24. The van der Waals surface area contributed by atoms with E-state index in [2.05, 4.69) is 0 Å². The summed E-state index contributed by atoms with van der Waals surface area (Å²) < 4.78 is -2.97. The van der Waals surface area contributed by atoms with Crippen LogP contribution in [-0.2, 0) is 49.0 Å². The molecule has 0 aromatic rings. The van der Waals surface area contributed by atoms with Crippen LogP contribution >= 0.6 is 73.2 Å². The van der Waals surface area contributed by atoms with Crippen molar-refractivity contribution in [3.05, 3.63) is 4.86 Å². The molecule has 4 saturated heterocycles. The van der Waals surface area contributed by atoms with Gasteiger partial charge in [0.15, 0.2) is 52.1 Å². The van der Waals surface area contributed by atoms with Gasteiger partial charge in [0.25, 0.3) is 0 Å². The summed E-state index contributed by atoms with van der Waals surface area (Å²) in [7, 11) is 0. The van der Waals surface area contributed by atoms with Crippen LogP contribution in [0.25, 0.3) is 4.86 Å². The second-order valence-electron chi connectivity index (χ2n) is 2.33. The molecular formula is NP4S9-. The van der Waals surface area contributed by atoms with E-state index in [1.807, 2.05) is 11.0 Å². The third-order valence-corrected chi connectivity index (χ3v) is 80.1. The highest BCUT2D eigenvalue weighted by molar-refractivity contribution is 9.81. The molecule has 0 aromatic carbocycles. The molecule has 14 heteroatoms. The Morgan fingerprint density at radius 2 is 1.00 bits per heavy atom. The average Bonchev–Trinajstić information content (AvgIpc) is 1.67. The molecule has 0 aliphatic carbocycles. The molecule has 4 rings (SSSR count). The Hall–Kier alpha value is 4.83. The molecular weight excluding hydrogens is 427 g/mol. The lowest BCUT2D eigenvalue weighted by molar-refractivity contribution is 2.78. The first kappa shape index (κ1) is 13.8. The molecule has 4 aliphatic heterocycles. The molecule has 0 saturated carbocycles. The maximum Gasteiger partial charge on any atom is 0.205 e. The SMILES string of the molecule is [S-][P+]12[N-][P+]3([S-])S[P+]([S-])(S1)S[P+]([S-])(S2)S3. The molecule has 0 unspecified atom stereocenters. The molecule has 0 aromatic heterocycles. The van der Waals surface area contributed by atoms with E-state index in [1.54, 1.807) is 44.0 Å². The molecule has 1 nitrogen and oxygen atoms in total. The average molecular weight is 427 g/mol. The third-order valence-electron chi connectivity index (χ3n) is 1.23. The lowest BCUT2D eigenvalue weighted by Crippen LogP contribution is -1.98. The summed E-state index contributed by atoms with van der Waals surface area (Å²) in [5.41, 5.74) is 0. The normalized spacial score (nSPS) is 66.0. The molecule has 4 aliphatic rings. The zero-order valence-corrected chi connectivity index (χ0v) is 16.8. The number of nitrogens with zero attached hydrogens (tertiary/aromatic N) is 1. The van der Waals surface area contributed by atoms with Crippen molar-refractivity contribution >= 4 is 122 Å². The van der Waals surface area contributed by atoms with Crippen LogP contribution in [0.4, 0.5) is 0 Å². The molecule has 0 N–H and O–H groups in total. The van der Waals surface area contributed by atoms with Gasteiger partial charge in [0.05, 0.1) is 0 Å². The summed E-state index contributed by atoms with van der Waals surface area (Å²) in [6, 6.07) is 0. The third kappa shape index (κ3) is 2.53. The number of hydrogen-bond acceptors (Lipinski definition) is 9. The van der Waals surface area contributed by atoms with E-state index < -0.39 is 18.2 Å². The van der Waals surface area contributed by atoms with Crippen molar-refractivity contribution in [2.45, 2.75) is 0 Å². The van der Waals surface area contributed by atoms with Crippen LogP contribution in [0.3, 0.4) is 0 Å². The van der Waals surface area contributed by atoms with Crippen LogP contribution in [0.15, 0.2) is 0 Å². The molecule has 4 bridgehead atoms. The highest BCUT2D eigenvalue weighted by atomic mass is 34.1. The van der Waals surface area contributed by atoms with E-state index in [4.69, 9.17) is 53.9 Å². The second kappa shape index (κ2) is 4.16. The van der Waals surface area contributed by atoms with Crippen molar-refractivity contribution in [2.75, 3.05) is 0 Å². The standard InChI is InChI=1S/NP4S9/c6-2-1-3(7)12-4(8,10-2)14-5(9,11-2)13-3/q-1. The Morgan fingerprint density at radius 3 is 1.29 bits per heavy atom. The molecule has 0 amide bonds. The molecule has 0 spiro atoms. The van der Waals surface area contributed by atoms with E-state index in [0.29, 0.717) is 0 Å². The topological polar surface area (TPSA) is 14.1 Å². The summed E-state index contributed by atoms with van der Waals surface area (Å²) >= 11 is 31.7. The lowest BCUT2D eigenvalue weighted by atomic mass is 13.9. The minimum atomic E-state index is -1.70. The van der Waals surface area contributed by atoms with Crippen LogP contribution in [0.5, 0.6) is 0 Å². The molecule has 4 heterocycles. The minimum Gasteiger partial charge on any atom is -0.537 e. The quantitative estimate of drug-likeness (QED) is 0.298. The van der Waals surface area contributed by atoms with E-state index in [0.717, 1.165) is 0 Å². The number of hydrogen-bond donors (Lipinski definition) is 0. The Kier molecular flexibility index (Phi) is 4.10. The molecule has 0 radical (unpaired) electrons. The van der Waals surface area contributed by atoms with Crippen LogP contribution in [0.2, 0.25) is 0 Å². The summed E-state index contributed by atoms with van der Waals surface area (Å²) in [4.78, 5) is 4.74.